The van der Waals surface area contributed by atoms with Crippen LogP contribution in [0.3, 0.4) is 0 Å². The summed E-state index contributed by atoms with van der Waals surface area (Å²) in [6, 6.07) is 11.2. The zero-order valence-electron chi connectivity index (χ0n) is 19.0. The molecule has 0 unspecified atom stereocenters. The van der Waals surface area contributed by atoms with Gasteiger partial charge >= 0.3 is 5.97 Å². The number of hydrogen-bond donors (Lipinski definition) is 1. The first-order valence-corrected chi connectivity index (χ1v) is 11.6. The van der Waals surface area contributed by atoms with Crippen molar-refractivity contribution in [3.05, 3.63) is 74.5 Å². The van der Waals surface area contributed by atoms with Gasteiger partial charge in [0.2, 0.25) is 0 Å². The van der Waals surface area contributed by atoms with Crippen molar-refractivity contribution < 1.29 is 23.8 Å². The van der Waals surface area contributed by atoms with Gasteiger partial charge in [-0.2, -0.15) is 9.78 Å². The molecule has 0 saturated carbocycles. The summed E-state index contributed by atoms with van der Waals surface area (Å²) < 4.78 is 16.7. The number of rotatable bonds is 7. The Labute approximate surface area is 208 Å². The molecule has 1 N–H and O–H groups in total. The Morgan fingerprint density at radius 1 is 1.11 bits per heavy atom. The number of anilines is 1. The van der Waals surface area contributed by atoms with E-state index in [0.717, 1.165) is 16.0 Å². The van der Waals surface area contributed by atoms with Crippen molar-refractivity contribution in [3.8, 4) is 17.2 Å². The lowest BCUT2D eigenvalue weighted by atomic mass is 10.1. The van der Waals surface area contributed by atoms with Crippen LogP contribution in [0.15, 0.2) is 52.6 Å². The summed E-state index contributed by atoms with van der Waals surface area (Å²) >= 11 is 7.20. The molecule has 2 aromatic carbocycles. The highest BCUT2D eigenvalue weighted by molar-refractivity contribution is 7.16. The van der Waals surface area contributed by atoms with E-state index in [2.05, 4.69) is 10.4 Å². The summed E-state index contributed by atoms with van der Waals surface area (Å²) in [5, 5.41) is 9.64. The van der Waals surface area contributed by atoms with Crippen molar-refractivity contribution in [3.63, 3.8) is 0 Å². The van der Waals surface area contributed by atoms with Crippen LogP contribution in [0.2, 0.25) is 5.02 Å². The molecule has 0 aliphatic heterocycles. The van der Waals surface area contributed by atoms with E-state index >= 15 is 0 Å². The van der Waals surface area contributed by atoms with Gasteiger partial charge in [0.15, 0.2) is 5.69 Å². The monoisotopic (exact) mass is 513 g/mol. The fourth-order valence-electron chi connectivity index (χ4n) is 3.39. The van der Waals surface area contributed by atoms with E-state index < -0.39 is 17.4 Å². The first-order chi connectivity index (χ1) is 16.9. The van der Waals surface area contributed by atoms with Gasteiger partial charge in [-0.1, -0.05) is 17.7 Å². The first kappa shape index (κ1) is 24.2. The molecule has 180 valence electrons. The highest BCUT2D eigenvalue weighted by Gasteiger charge is 2.23. The third kappa shape index (κ3) is 4.84. The lowest BCUT2D eigenvalue weighted by molar-refractivity contribution is 0.0520. The zero-order chi connectivity index (χ0) is 25.1. The summed E-state index contributed by atoms with van der Waals surface area (Å²) in [7, 11) is 2.96. The first-order valence-electron chi connectivity index (χ1n) is 10.4. The Morgan fingerprint density at radius 3 is 2.46 bits per heavy atom. The third-order valence-electron chi connectivity index (χ3n) is 5.01. The molecule has 0 aliphatic rings. The Bertz CT molecular complexity index is 1470. The molecule has 0 spiro atoms. The lowest BCUT2D eigenvalue weighted by Gasteiger charge is -2.11. The molecule has 0 saturated heterocycles. The van der Waals surface area contributed by atoms with Gasteiger partial charge in [0.1, 0.15) is 16.5 Å². The third-order valence-corrected chi connectivity index (χ3v) is 6.15. The summed E-state index contributed by atoms with van der Waals surface area (Å²) in [5.74, 6) is -0.319. The van der Waals surface area contributed by atoms with Gasteiger partial charge in [-0.15, -0.1) is 11.3 Å². The number of nitrogens with one attached hydrogen (secondary N) is 1. The van der Waals surface area contributed by atoms with Crippen molar-refractivity contribution in [2.75, 3.05) is 26.1 Å². The van der Waals surface area contributed by atoms with Crippen LogP contribution in [0, 0.1) is 0 Å². The van der Waals surface area contributed by atoms with Crippen LogP contribution in [0.5, 0.6) is 11.5 Å². The number of carbonyl (C=O) groups excluding carboxylic acids is 2. The molecule has 1 amide bonds. The van der Waals surface area contributed by atoms with Gasteiger partial charge in [-0.25, -0.2) is 4.79 Å². The van der Waals surface area contributed by atoms with Crippen molar-refractivity contribution in [1.82, 2.24) is 9.78 Å². The number of fused-ring (bicyclic) bond motifs is 1. The number of carbonyl (C=O) groups is 2. The minimum atomic E-state index is -0.693. The molecule has 0 bridgehead atoms. The van der Waals surface area contributed by atoms with Crippen LogP contribution in [-0.2, 0) is 4.74 Å². The number of amides is 1. The zero-order valence-corrected chi connectivity index (χ0v) is 20.5. The standard InChI is InChI=1S/C24H20ClN3O6S/c1-4-34-24(31)20-18-12-35-22(26-21(29)13-8-16(32-2)11-17(9-13)33-3)19(18)23(30)28(27-20)15-7-5-6-14(25)10-15/h5-12H,4H2,1-3H3,(H,26,29). The molecule has 35 heavy (non-hydrogen) atoms. The van der Waals surface area contributed by atoms with E-state index in [1.807, 2.05) is 0 Å². The van der Waals surface area contributed by atoms with Crippen LogP contribution in [-0.4, -0.2) is 42.5 Å². The highest BCUT2D eigenvalue weighted by atomic mass is 35.5. The molecular weight excluding hydrogens is 494 g/mol. The maximum absolute atomic E-state index is 13.5. The quantitative estimate of drug-likeness (QED) is 0.361. The number of aromatic nitrogens is 2. The summed E-state index contributed by atoms with van der Waals surface area (Å²) in [4.78, 5) is 39.2. The fourth-order valence-corrected chi connectivity index (χ4v) is 4.51. The van der Waals surface area contributed by atoms with E-state index in [9.17, 15) is 14.4 Å². The van der Waals surface area contributed by atoms with Gasteiger partial charge in [-0.05, 0) is 37.3 Å². The van der Waals surface area contributed by atoms with Crippen molar-refractivity contribution in [1.29, 1.82) is 0 Å². The number of halogens is 1. The van der Waals surface area contributed by atoms with Crippen molar-refractivity contribution >= 4 is 50.6 Å². The molecular formula is C24H20ClN3O6S. The minimum Gasteiger partial charge on any atom is -0.497 e. The Hall–Kier alpha value is -3.89. The van der Waals surface area contributed by atoms with Gasteiger partial charge < -0.3 is 19.5 Å². The van der Waals surface area contributed by atoms with Gasteiger partial charge in [0, 0.05) is 27.4 Å². The van der Waals surface area contributed by atoms with Crippen LogP contribution >= 0.6 is 22.9 Å². The second-order valence-corrected chi connectivity index (χ2v) is 8.49. The molecule has 2 heterocycles. The molecule has 0 atom stereocenters. The smallest absolute Gasteiger partial charge is 0.359 e. The van der Waals surface area contributed by atoms with Crippen LogP contribution in [0.4, 0.5) is 5.00 Å². The van der Waals surface area contributed by atoms with Gasteiger partial charge in [-0.3, -0.25) is 9.59 Å². The fraction of sp³-hybridized carbons (Fsp3) is 0.167. The number of benzene rings is 2. The number of methoxy groups -OCH3 is 2. The molecule has 11 heteroatoms. The number of esters is 1. The van der Waals surface area contributed by atoms with Crippen LogP contribution < -0.4 is 20.3 Å². The van der Waals surface area contributed by atoms with Crippen LogP contribution in [0.1, 0.15) is 27.8 Å². The lowest BCUT2D eigenvalue weighted by Crippen LogP contribution is -2.25. The Balaban J connectivity index is 1.86. The summed E-state index contributed by atoms with van der Waals surface area (Å²) in [6.07, 6.45) is 0. The van der Waals surface area contributed by atoms with E-state index in [1.54, 1.807) is 54.8 Å². The highest BCUT2D eigenvalue weighted by Crippen LogP contribution is 2.32. The molecule has 2 aromatic heterocycles. The number of thiophene rings is 1. The molecule has 9 nitrogen and oxygen atoms in total. The van der Waals surface area contributed by atoms with E-state index in [-0.39, 0.29) is 33.6 Å². The van der Waals surface area contributed by atoms with Gasteiger partial charge in [0.05, 0.1) is 31.9 Å². The average Bonchev–Trinajstić information content (AvgIpc) is 3.28. The molecule has 4 aromatic rings. The molecule has 4 rings (SSSR count). The normalized spacial score (nSPS) is 10.7. The summed E-state index contributed by atoms with van der Waals surface area (Å²) in [6.45, 7) is 1.80. The Morgan fingerprint density at radius 2 is 1.83 bits per heavy atom. The number of nitrogens with zero attached hydrogens (tertiary/aromatic N) is 2. The largest absolute Gasteiger partial charge is 0.497 e. The second-order valence-electron chi connectivity index (χ2n) is 7.17. The molecule has 0 aliphatic carbocycles. The second kappa shape index (κ2) is 10.2. The number of ether oxygens (including phenoxy) is 3. The summed E-state index contributed by atoms with van der Waals surface area (Å²) in [5.41, 5.74) is 0.0323. The van der Waals surface area contributed by atoms with E-state index in [4.69, 9.17) is 25.8 Å². The van der Waals surface area contributed by atoms with E-state index in [0.29, 0.717) is 22.2 Å². The maximum atomic E-state index is 13.5. The van der Waals surface area contributed by atoms with Crippen molar-refractivity contribution in [2.24, 2.45) is 0 Å². The molecule has 0 fully saturated rings. The SMILES string of the molecule is CCOC(=O)c1nn(-c2cccc(Cl)c2)c(=O)c2c(NC(=O)c3cc(OC)cc(OC)c3)scc12. The predicted octanol–water partition coefficient (Wildman–Crippen LogP) is 4.55. The van der Waals surface area contributed by atoms with E-state index in [1.165, 1.54) is 14.2 Å². The maximum Gasteiger partial charge on any atom is 0.359 e. The number of hydrogen-bond acceptors (Lipinski definition) is 8. The molecule has 0 radical (unpaired) electrons. The topological polar surface area (TPSA) is 109 Å². The Kier molecular flexibility index (Phi) is 7.04. The predicted molar refractivity (Wildman–Crippen MR) is 134 cm³/mol. The van der Waals surface area contributed by atoms with Gasteiger partial charge in [0.25, 0.3) is 11.5 Å². The average molecular weight is 514 g/mol. The van der Waals surface area contributed by atoms with Crippen LogP contribution in [0.25, 0.3) is 16.5 Å². The minimum absolute atomic E-state index is 0.0544. The van der Waals surface area contributed by atoms with Crippen molar-refractivity contribution in [2.45, 2.75) is 6.92 Å².